The van der Waals surface area contributed by atoms with Crippen LogP contribution in [-0.2, 0) is 19.7 Å². The molecule has 0 spiro atoms. The van der Waals surface area contributed by atoms with Crippen LogP contribution < -0.4 is 10.1 Å². The smallest absolute Gasteiger partial charge is 0.287 e. The first kappa shape index (κ1) is 20.9. The number of furan rings is 1. The van der Waals surface area contributed by atoms with Gasteiger partial charge in [-0.25, -0.2) is 0 Å². The van der Waals surface area contributed by atoms with Crippen molar-refractivity contribution in [2.45, 2.75) is 26.6 Å². The van der Waals surface area contributed by atoms with Crippen LogP contribution in [0.4, 0.5) is 5.69 Å². The Kier molecular flexibility index (Phi) is 6.55. The number of hydrogen-bond acceptors (Lipinski definition) is 6. The van der Waals surface area contributed by atoms with E-state index in [9.17, 15) is 14.9 Å². The molecule has 0 aliphatic rings. The van der Waals surface area contributed by atoms with Gasteiger partial charge in [-0.1, -0.05) is 11.6 Å². The Hall–Kier alpha value is -2.85. The van der Waals surface area contributed by atoms with Crippen LogP contribution in [0.15, 0.2) is 45.4 Å². The molecule has 0 atom stereocenters. The summed E-state index contributed by atoms with van der Waals surface area (Å²) in [5.41, 5.74) is 0.721. The highest BCUT2D eigenvalue weighted by molar-refractivity contribution is 9.10. The first-order chi connectivity index (χ1) is 13.9. The fourth-order valence-electron chi connectivity index (χ4n) is 2.53. The first-order valence-electron chi connectivity index (χ1n) is 8.53. The third kappa shape index (κ3) is 4.96. The summed E-state index contributed by atoms with van der Waals surface area (Å²) < 4.78 is 13.6. The van der Waals surface area contributed by atoms with Gasteiger partial charge in [-0.2, -0.15) is 5.10 Å². The van der Waals surface area contributed by atoms with Crippen LogP contribution in [0, 0.1) is 10.1 Å². The molecule has 0 aliphatic carbocycles. The van der Waals surface area contributed by atoms with E-state index in [1.54, 1.807) is 16.9 Å². The van der Waals surface area contributed by atoms with E-state index >= 15 is 0 Å². The van der Waals surface area contributed by atoms with Gasteiger partial charge in [-0.05, 0) is 41.1 Å². The van der Waals surface area contributed by atoms with E-state index in [1.165, 1.54) is 24.3 Å². The number of nitro benzene ring substituents is 1. The third-order valence-electron chi connectivity index (χ3n) is 4.00. The van der Waals surface area contributed by atoms with Gasteiger partial charge in [0.15, 0.2) is 5.76 Å². The van der Waals surface area contributed by atoms with Gasteiger partial charge in [-0.3, -0.25) is 19.6 Å². The Labute approximate surface area is 178 Å². The normalized spacial score (nSPS) is 10.7. The molecule has 0 aliphatic heterocycles. The Bertz CT molecular complexity index is 1050. The lowest BCUT2D eigenvalue weighted by Gasteiger charge is -2.07. The second-order valence-corrected chi connectivity index (χ2v) is 7.13. The van der Waals surface area contributed by atoms with Crippen molar-refractivity contribution in [3.05, 3.63) is 73.4 Å². The molecule has 0 fully saturated rings. The fraction of sp³-hybridized carbons (Fsp3) is 0.222. The Morgan fingerprint density at radius 2 is 2.21 bits per heavy atom. The van der Waals surface area contributed by atoms with E-state index in [2.05, 4.69) is 26.3 Å². The average Bonchev–Trinajstić information content (AvgIpc) is 3.31. The Morgan fingerprint density at radius 3 is 2.90 bits per heavy atom. The van der Waals surface area contributed by atoms with Crippen LogP contribution >= 0.6 is 27.5 Å². The topological polar surface area (TPSA) is 112 Å². The van der Waals surface area contributed by atoms with Gasteiger partial charge in [0.05, 0.1) is 32.9 Å². The molecule has 11 heteroatoms. The number of carbonyl (C=O) groups excluding carboxylic acids is 1. The molecular formula is C18H16BrClN4O5. The van der Waals surface area contributed by atoms with Crippen LogP contribution in [0.5, 0.6) is 5.75 Å². The van der Waals surface area contributed by atoms with Crippen molar-refractivity contribution in [2.24, 2.45) is 0 Å². The number of halogens is 2. The minimum Gasteiger partial charge on any atom is -0.484 e. The maximum atomic E-state index is 12.3. The van der Waals surface area contributed by atoms with Gasteiger partial charge >= 0.3 is 0 Å². The highest BCUT2D eigenvalue weighted by atomic mass is 79.9. The number of aromatic nitrogens is 2. The van der Waals surface area contributed by atoms with Crippen molar-refractivity contribution < 1.29 is 18.9 Å². The zero-order valence-corrected chi connectivity index (χ0v) is 17.6. The minimum atomic E-state index is -0.543. The molecule has 2 heterocycles. The predicted molar refractivity (Wildman–Crippen MR) is 108 cm³/mol. The molecule has 152 valence electrons. The summed E-state index contributed by atoms with van der Waals surface area (Å²) >= 11 is 9.39. The summed E-state index contributed by atoms with van der Waals surface area (Å²) in [6.07, 6.45) is 1.68. The maximum absolute atomic E-state index is 12.3. The lowest BCUT2D eigenvalue weighted by atomic mass is 10.3. The zero-order chi connectivity index (χ0) is 21.0. The number of non-ortho nitro benzene ring substituents is 1. The molecule has 1 amide bonds. The maximum Gasteiger partial charge on any atom is 0.287 e. The largest absolute Gasteiger partial charge is 0.484 e. The number of rotatable bonds is 8. The lowest BCUT2D eigenvalue weighted by molar-refractivity contribution is -0.384. The Balaban J connectivity index is 1.58. The van der Waals surface area contributed by atoms with Crippen LogP contribution in [0.3, 0.4) is 0 Å². The molecule has 0 bridgehead atoms. The molecule has 9 nitrogen and oxygen atoms in total. The molecule has 29 heavy (non-hydrogen) atoms. The number of nitro groups is 1. The minimum absolute atomic E-state index is 0.0129. The second-order valence-electron chi connectivity index (χ2n) is 5.86. The van der Waals surface area contributed by atoms with Crippen LogP contribution in [-0.4, -0.2) is 20.6 Å². The summed E-state index contributed by atoms with van der Waals surface area (Å²) in [4.78, 5) is 22.5. The monoisotopic (exact) mass is 482 g/mol. The predicted octanol–water partition coefficient (Wildman–Crippen LogP) is 4.33. The van der Waals surface area contributed by atoms with E-state index in [4.69, 9.17) is 20.8 Å². The van der Waals surface area contributed by atoms with E-state index in [1.807, 2.05) is 6.92 Å². The van der Waals surface area contributed by atoms with Crippen molar-refractivity contribution >= 4 is 39.1 Å². The van der Waals surface area contributed by atoms with Crippen molar-refractivity contribution in [3.63, 3.8) is 0 Å². The molecule has 1 aromatic carbocycles. The SMILES string of the molecule is CCn1ncc(Br)c1CNC(=O)c1ccc(COc2ccc([N+](=O)[O-])cc2Cl)o1. The number of ether oxygens (including phenoxy) is 1. The summed E-state index contributed by atoms with van der Waals surface area (Å²) in [6.45, 7) is 2.95. The number of carbonyl (C=O) groups is 1. The lowest BCUT2D eigenvalue weighted by Crippen LogP contribution is -2.24. The number of amides is 1. The average molecular weight is 484 g/mol. The van der Waals surface area contributed by atoms with Gasteiger partial charge in [-0.15, -0.1) is 0 Å². The van der Waals surface area contributed by atoms with Crippen molar-refractivity contribution in [1.29, 1.82) is 0 Å². The quantitative estimate of drug-likeness (QED) is 0.377. The van der Waals surface area contributed by atoms with E-state index in [0.29, 0.717) is 12.3 Å². The highest BCUT2D eigenvalue weighted by Crippen LogP contribution is 2.29. The number of hydrogen-bond donors (Lipinski definition) is 1. The summed E-state index contributed by atoms with van der Waals surface area (Å²) in [7, 11) is 0. The number of aryl methyl sites for hydroxylation is 1. The molecule has 0 saturated heterocycles. The number of nitrogens with zero attached hydrogens (tertiary/aromatic N) is 3. The molecule has 0 saturated carbocycles. The molecule has 0 radical (unpaired) electrons. The van der Waals surface area contributed by atoms with Crippen LogP contribution in [0.2, 0.25) is 5.02 Å². The number of benzene rings is 1. The van der Waals surface area contributed by atoms with Gasteiger partial charge in [0.25, 0.3) is 11.6 Å². The third-order valence-corrected chi connectivity index (χ3v) is 4.95. The van der Waals surface area contributed by atoms with Gasteiger partial charge in [0.2, 0.25) is 0 Å². The van der Waals surface area contributed by atoms with E-state index in [0.717, 1.165) is 10.2 Å². The highest BCUT2D eigenvalue weighted by Gasteiger charge is 2.15. The van der Waals surface area contributed by atoms with Gasteiger partial charge in [0.1, 0.15) is 18.1 Å². The van der Waals surface area contributed by atoms with Gasteiger partial charge < -0.3 is 14.5 Å². The standard InChI is InChI=1S/C18H16BrClN4O5/c1-2-23-15(13(19)8-22-23)9-21-18(25)17-6-4-12(29-17)10-28-16-5-3-11(24(26)27)7-14(16)20/h3-8H,2,9-10H2,1H3,(H,21,25). The second kappa shape index (κ2) is 9.10. The van der Waals surface area contributed by atoms with Crippen LogP contribution in [0.1, 0.15) is 28.9 Å². The van der Waals surface area contributed by atoms with Crippen molar-refractivity contribution in [2.75, 3.05) is 0 Å². The summed E-state index contributed by atoms with van der Waals surface area (Å²) in [5.74, 6) is 0.444. The molecule has 0 unspecified atom stereocenters. The number of nitrogens with one attached hydrogen (secondary N) is 1. The molecule has 3 aromatic rings. The van der Waals surface area contributed by atoms with Crippen molar-refractivity contribution in [3.8, 4) is 5.75 Å². The molecular weight excluding hydrogens is 468 g/mol. The van der Waals surface area contributed by atoms with Crippen molar-refractivity contribution in [1.82, 2.24) is 15.1 Å². The zero-order valence-electron chi connectivity index (χ0n) is 15.2. The molecule has 2 aromatic heterocycles. The Morgan fingerprint density at radius 1 is 1.41 bits per heavy atom. The van der Waals surface area contributed by atoms with Crippen LogP contribution in [0.25, 0.3) is 0 Å². The molecule has 1 N–H and O–H groups in total. The summed E-state index contributed by atoms with van der Waals surface area (Å²) in [5, 5.41) is 17.8. The molecule has 3 rings (SSSR count). The summed E-state index contributed by atoms with van der Waals surface area (Å²) in [6, 6.07) is 7.06. The fourth-order valence-corrected chi connectivity index (χ4v) is 3.20. The first-order valence-corrected chi connectivity index (χ1v) is 9.70. The van der Waals surface area contributed by atoms with E-state index < -0.39 is 4.92 Å². The van der Waals surface area contributed by atoms with Gasteiger partial charge in [0, 0.05) is 18.7 Å². The van der Waals surface area contributed by atoms with E-state index in [-0.39, 0.29) is 41.3 Å².